The predicted octanol–water partition coefficient (Wildman–Crippen LogP) is 3.29. The number of amides is 1. The van der Waals surface area contributed by atoms with E-state index in [1.807, 2.05) is 38.1 Å². The Morgan fingerprint density at radius 2 is 2.06 bits per heavy atom. The molecular formula is C13H14ClNO. The molecule has 1 aromatic carbocycles. The van der Waals surface area contributed by atoms with Crippen LogP contribution in [-0.4, -0.2) is 5.91 Å². The van der Waals surface area contributed by atoms with Gasteiger partial charge in [-0.1, -0.05) is 38.1 Å². The maximum atomic E-state index is 12.1. The van der Waals surface area contributed by atoms with E-state index in [1.54, 1.807) is 6.08 Å². The molecule has 0 fully saturated rings. The van der Waals surface area contributed by atoms with Gasteiger partial charge in [-0.2, -0.15) is 0 Å². The molecule has 0 bridgehead atoms. The van der Waals surface area contributed by atoms with Crippen molar-refractivity contribution in [1.82, 2.24) is 0 Å². The number of benzene rings is 1. The van der Waals surface area contributed by atoms with Gasteiger partial charge < -0.3 is 5.32 Å². The quantitative estimate of drug-likeness (QED) is 0.619. The summed E-state index contributed by atoms with van der Waals surface area (Å²) in [5, 5.41) is 2.81. The topological polar surface area (TPSA) is 29.1 Å². The summed E-state index contributed by atoms with van der Waals surface area (Å²) < 4.78 is 0. The van der Waals surface area contributed by atoms with Gasteiger partial charge in [0.1, 0.15) is 0 Å². The van der Waals surface area contributed by atoms with Crippen LogP contribution in [0.15, 0.2) is 36.9 Å². The van der Waals surface area contributed by atoms with Crippen LogP contribution in [0, 0.1) is 5.41 Å². The number of para-hydroxylation sites is 1. The lowest BCUT2D eigenvalue weighted by Crippen LogP contribution is -2.41. The standard InChI is InChI=1S/C13H14ClNO/c1-4-12(2,3)13(14)9-7-5-6-8-10(9)15-11(13)16/h4-8H,1H2,2-3H3,(H,15,16). The van der Waals surface area contributed by atoms with Gasteiger partial charge in [0.2, 0.25) is 0 Å². The summed E-state index contributed by atoms with van der Waals surface area (Å²) in [6, 6.07) is 7.50. The highest BCUT2D eigenvalue weighted by molar-refractivity contribution is 6.39. The van der Waals surface area contributed by atoms with Crippen LogP contribution in [0.2, 0.25) is 0 Å². The number of fused-ring (bicyclic) bond motifs is 1. The van der Waals surface area contributed by atoms with Gasteiger partial charge in [0.15, 0.2) is 4.87 Å². The Hall–Kier alpha value is -1.28. The second kappa shape index (κ2) is 3.36. The molecular weight excluding hydrogens is 222 g/mol. The molecule has 1 aliphatic heterocycles. The first-order chi connectivity index (χ1) is 7.43. The number of allylic oxidation sites excluding steroid dienone is 1. The van der Waals surface area contributed by atoms with E-state index in [2.05, 4.69) is 11.9 Å². The SMILES string of the molecule is C=CC(C)(C)C1(Cl)C(=O)Nc2ccccc21. The molecule has 1 amide bonds. The van der Waals surface area contributed by atoms with Gasteiger partial charge in [0.25, 0.3) is 5.91 Å². The molecule has 1 N–H and O–H groups in total. The van der Waals surface area contributed by atoms with Crippen molar-refractivity contribution in [2.45, 2.75) is 18.7 Å². The Morgan fingerprint density at radius 3 is 2.69 bits per heavy atom. The van der Waals surface area contributed by atoms with Crippen LogP contribution in [0.4, 0.5) is 5.69 Å². The summed E-state index contributed by atoms with van der Waals surface area (Å²) in [7, 11) is 0. The van der Waals surface area contributed by atoms with E-state index in [4.69, 9.17) is 11.6 Å². The molecule has 3 heteroatoms. The van der Waals surface area contributed by atoms with Gasteiger partial charge in [-0.25, -0.2) is 0 Å². The Kier molecular flexibility index (Phi) is 2.35. The summed E-state index contributed by atoms with van der Waals surface area (Å²) in [6.07, 6.45) is 1.72. The molecule has 1 aromatic rings. The minimum Gasteiger partial charge on any atom is -0.324 e. The summed E-state index contributed by atoms with van der Waals surface area (Å²) in [5.74, 6) is -0.180. The lowest BCUT2D eigenvalue weighted by Gasteiger charge is -2.34. The number of alkyl halides is 1. The van der Waals surface area contributed by atoms with Crippen molar-refractivity contribution in [1.29, 1.82) is 0 Å². The number of carbonyl (C=O) groups is 1. The second-order valence-electron chi connectivity index (χ2n) is 4.58. The third-order valence-electron chi connectivity index (χ3n) is 3.26. The van der Waals surface area contributed by atoms with Crippen LogP contribution in [0.5, 0.6) is 0 Å². The Bertz CT molecular complexity index is 467. The largest absolute Gasteiger partial charge is 0.324 e. The molecule has 0 aliphatic carbocycles. The molecule has 2 rings (SSSR count). The summed E-state index contributed by atoms with van der Waals surface area (Å²) >= 11 is 6.56. The van der Waals surface area contributed by atoms with E-state index in [0.29, 0.717) is 0 Å². The third-order valence-corrected chi connectivity index (χ3v) is 4.12. The molecule has 0 saturated carbocycles. The highest BCUT2D eigenvalue weighted by Gasteiger charge is 2.54. The fourth-order valence-electron chi connectivity index (χ4n) is 2.00. The molecule has 1 atom stereocenters. The van der Waals surface area contributed by atoms with Crippen molar-refractivity contribution < 1.29 is 4.79 Å². The van der Waals surface area contributed by atoms with Gasteiger partial charge in [-0.15, -0.1) is 18.2 Å². The van der Waals surface area contributed by atoms with Crippen molar-refractivity contribution in [2.75, 3.05) is 5.32 Å². The zero-order chi connectivity index (χ0) is 12.0. The fraction of sp³-hybridized carbons (Fsp3) is 0.308. The van der Waals surface area contributed by atoms with Crippen molar-refractivity contribution in [3.63, 3.8) is 0 Å². The van der Waals surface area contributed by atoms with Gasteiger partial charge in [0, 0.05) is 16.7 Å². The average Bonchev–Trinajstić information content (AvgIpc) is 2.53. The van der Waals surface area contributed by atoms with Crippen LogP contribution < -0.4 is 5.32 Å². The molecule has 84 valence electrons. The number of anilines is 1. The lowest BCUT2D eigenvalue weighted by atomic mass is 9.75. The Balaban J connectivity index is 2.66. The molecule has 1 aliphatic rings. The van der Waals surface area contributed by atoms with Crippen molar-refractivity contribution >= 4 is 23.2 Å². The first-order valence-electron chi connectivity index (χ1n) is 5.17. The van der Waals surface area contributed by atoms with E-state index in [1.165, 1.54) is 0 Å². The summed E-state index contributed by atoms with van der Waals surface area (Å²) in [6.45, 7) is 7.59. The predicted molar refractivity (Wildman–Crippen MR) is 66.6 cm³/mol. The van der Waals surface area contributed by atoms with E-state index >= 15 is 0 Å². The molecule has 16 heavy (non-hydrogen) atoms. The van der Waals surface area contributed by atoms with Crippen molar-refractivity contribution in [3.05, 3.63) is 42.5 Å². The zero-order valence-corrected chi connectivity index (χ0v) is 10.1. The van der Waals surface area contributed by atoms with Crippen LogP contribution >= 0.6 is 11.6 Å². The average molecular weight is 236 g/mol. The monoisotopic (exact) mass is 235 g/mol. The first kappa shape index (κ1) is 11.2. The van der Waals surface area contributed by atoms with Crippen LogP contribution in [-0.2, 0) is 9.67 Å². The lowest BCUT2D eigenvalue weighted by molar-refractivity contribution is -0.120. The number of hydrogen-bond acceptors (Lipinski definition) is 1. The highest BCUT2D eigenvalue weighted by atomic mass is 35.5. The number of nitrogens with one attached hydrogen (secondary N) is 1. The molecule has 0 saturated heterocycles. The zero-order valence-electron chi connectivity index (χ0n) is 9.38. The first-order valence-corrected chi connectivity index (χ1v) is 5.55. The van der Waals surface area contributed by atoms with E-state index in [9.17, 15) is 4.79 Å². The molecule has 0 radical (unpaired) electrons. The Morgan fingerprint density at radius 1 is 1.44 bits per heavy atom. The fourth-order valence-corrected chi connectivity index (χ4v) is 2.29. The molecule has 2 nitrogen and oxygen atoms in total. The van der Waals surface area contributed by atoms with Crippen molar-refractivity contribution in [3.8, 4) is 0 Å². The second-order valence-corrected chi connectivity index (χ2v) is 5.15. The normalized spacial score (nSPS) is 23.8. The number of halogens is 1. The van der Waals surface area contributed by atoms with E-state index < -0.39 is 10.3 Å². The maximum Gasteiger partial charge on any atom is 0.251 e. The summed E-state index contributed by atoms with van der Waals surface area (Å²) in [4.78, 5) is 11.0. The molecule has 0 spiro atoms. The van der Waals surface area contributed by atoms with Gasteiger partial charge in [0.05, 0.1) is 0 Å². The minimum absolute atomic E-state index is 0.180. The van der Waals surface area contributed by atoms with Crippen LogP contribution in [0.1, 0.15) is 19.4 Å². The van der Waals surface area contributed by atoms with E-state index in [0.717, 1.165) is 11.3 Å². The number of hydrogen-bond donors (Lipinski definition) is 1. The van der Waals surface area contributed by atoms with Crippen molar-refractivity contribution in [2.24, 2.45) is 5.41 Å². The van der Waals surface area contributed by atoms with Crippen LogP contribution in [0.3, 0.4) is 0 Å². The maximum absolute atomic E-state index is 12.1. The smallest absolute Gasteiger partial charge is 0.251 e. The number of rotatable bonds is 2. The Labute approximate surface area is 100 Å². The number of carbonyl (C=O) groups excluding carboxylic acids is 1. The third kappa shape index (κ3) is 1.23. The highest BCUT2D eigenvalue weighted by Crippen LogP contribution is 2.52. The molecule has 1 heterocycles. The van der Waals surface area contributed by atoms with Gasteiger partial charge in [-0.05, 0) is 6.07 Å². The van der Waals surface area contributed by atoms with E-state index in [-0.39, 0.29) is 5.91 Å². The minimum atomic E-state index is -1.06. The molecule has 1 unspecified atom stereocenters. The van der Waals surface area contributed by atoms with Crippen LogP contribution in [0.25, 0.3) is 0 Å². The van der Waals surface area contributed by atoms with Gasteiger partial charge in [-0.3, -0.25) is 4.79 Å². The molecule has 0 aromatic heterocycles. The van der Waals surface area contributed by atoms with Gasteiger partial charge >= 0.3 is 0 Å². The summed E-state index contributed by atoms with van der Waals surface area (Å²) in [5.41, 5.74) is 1.11.